The van der Waals surface area contributed by atoms with Crippen molar-refractivity contribution in [2.75, 3.05) is 7.11 Å². The molecule has 0 aliphatic carbocycles. The van der Waals surface area contributed by atoms with Gasteiger partial charge in [-0.05, 0) is 18.2 Å². The van der Waals surface area contributed by atoms with Gasteiger partial charge in [0.2, 0.25) is 6.08 Å². The summed E-state index contributed by atoms with van der Waals surface area (Å²) < 4.78 is 0. The van der Waals surface area contributed by atoms with E-state index in [-0.39, 0.29) is 0 Å². The predicted octanol–water partition coefficient (Wildman–Crippen LogP) is 2.29. The quantitative estimate of drug-likeness (QED) is 0.437. The molecule has 0 heterocycles. The normalized spacial score (nSPS) is 9.86. The van der Waals surface area contributed by atoms with Gasteiger partial charge < -0.3 is 4.84 Å². The summed E-state index contributed by atoms with van der Waals surface area (Å²) in [6.45, 7) is 0. The molecule has 1 aromatic rings. The Bertz CT molecular complexity index is 398. The van der Waals surface area contributed by atoms with Gasteiger partial charge in [0.1, 0.15) is 7.11 Å². The van der Waals surface area contributed by atoms with Crippen LogP contribution >= 0.6 is 11.6 Å². The zero-order chi connectivity index (χ0) is 10.4. The first-order valence-electron chi connectivity index (χ1n) is 3.72. The van der Waals surface area contributed by atoms with Crippen LogP contribution in [0.3, 0.4) is 0 Å². The number of aliphatic imine (C=N–C) groups is 1. The molecule has 0 bridgehead atoms. The second kappa shape index (κ2) is 5.17. The van der Waals surface area contributed by atoms with Crippen molar-refractivity contribution in [2.45, 2.75) is 0 Å². The molecule has 0 atom stereocenters. The zero-order valence-corrected chi connectivity index (χ0v) is 8.15. The summed E-state index contributed by atoms with van der Waals surface area (Å²) in [6, 6.07) is 4.84. The fourth-order valence-corrected chi connectivity index (χ4v) is 1.03. The van der Waals surface area contributed by atoms with Crippen LogP contribution in [0.25, 0.3) is 0 Å². The average Bonchev–Trinajstić information content (AvgIpc) is 2.19. The molecule has 0 aliphatic rings. The van der Waals surface area contributed by atoms with E-state index in [0.29, 0.717) is 16.3 Å². The lowest BCUT2D eigenvalue weighted by atomic mass is 10.2. The summed E-state index contributed by atoms with van der Waals surface area (Å²) in [5.41, 5.74) is 1.10. The highest BCUT2D eigenvalue weighted by atomic mass is 35.5. The Morgan fingerprint density at radius 2 is 2.36 bits per heavy atom. The van der Waals surface area contributed by atoms with Crippen molar-refractivity contribution in [3.8, 4) is 0 Å². The van der Waals surface area contributed by atoms with Crippen molar-refractivity contribution < 1.29 is 9.63 Å². The molecule has 0 saturated carbocycles. The number of oxime groups is 1. The number of hydrogen-bond acceptors (Lipinski definition) is 4. The Hall–Kier alpha value is -1.64. The van der Waals surface area contributed by atoms with E-state index >= 15 is 0 Å². The highest BCUT2D eigenvalue weighted by Crippen LogP contribution is 2.20. The maximum Gasteiger partial charge on any atom is 0.240 e. The van der Waals surface area contributed by atoms with E-state index in [9.17, 15) is 4.79 Å². The summed E-state index contributed by atoms with van der Waals surface area (Å²) >= 11 is 5.85. The fraction of sp³-hybridized carbons (Fsp3) is 0.111. The average molecular weight is 211 g/mol. The minimum Gasteiger partial charge on any atom is -0.399 e. The van der Waals surface area contributed by atoms with E-state index in [2.05, 4.69) is 15.0 Å². The summed E-state index contributed by atoms with van der Waals surface area (Å²) in [4.78, 5) is 18.0. The highest BCUT2D eigenvalue weighted by Gasteiger charge is 1.98. The zero-order valence-electron chi connectivity index (χ0n) is 7.40. The Kier molecular flexibility index (Phi) is 3.85. The van der Waals surface area contributed by atoms with Crippen molar-refractivity contribution in [3.63, 3.8) is 0 Å². The lowest BCUT2D eigenvalue weighted by molar-refractivity contribution is 0.215. The third-order valence-electron chi connectivity index (χ3n) is 1.45. The number of nitrogens with zero attached hydrogens (tertiary/aromatic N) is 2. The van der Waals surface area contributed by atoms with Gasteiger partial charge in [0.05, 0.1) is 11.9 Å². The number of halogens is 1. The predicted molar refractivity (Wildman–Crippen MR) is 53.8 cm³/mol. The third kappa shape index (κ3) is 2.69. The maximum absolute atomic E-state index is 10.0. The van der Waals surface area contributed by atoms with Crippen LogP contribution in [-0.4, -0.2) is 19.4 Å². The van der Waals surface area contributed by atoms with Gasteiger partial charge >= 0.3 is 0 Å². The van der Waals surface area contributed by atoms with E-state index in [1.807, 2.05) is 0 Å². The highest BCUT2D eigenvalue weighted by molar-refractivity contribution is 6.33. The van der Waals surface area contributed by atoms with E-state index in [0.717, 1.165) is 0 Å². The van der Waals surface area contributed by atoms with Gasteiger partial charge in [-0.2, -0.15) is 4.99 Å². The first-order chi connectivity index (χ1) is 6.77. The molecule has 0 saturated heterocycles. The molecule has 0 amide bonds. The third-order valence-corrected chi connectivity index (χ3v) is 1.80. The van der Waals surface area contributed by atoms with Gasteiger partial charge in [-0.15, -0.1) is 0 Å². The van der Waals surface area contributed by atoms with Gasteiger partial charge in [0.15, 0.2) is 0 Å². The summed E-state index contributed by atoms with van der Waals surface area (Å²) in [6.07, 6.45) is 2.88. The van der Waals surface area contributed by atoms with Crippen LogP contribution in [0.15, 0.2) is 28.3 Å². The molecule has 0 radical (unpaired) electrons. The summed E-state index contributed by atoms with van der Waals surface area (Å²) in [5, 5.41) is 4.06. The van der Waals surface area contributed by atoms with Gasteiger partial charge in [0, 0.05) is 10.6 Å². The van der Waals surface area contributed by atoms with Gasteiger partial charge in [-0.25, -0.2) is 4.79 Å². The first-order valence-corrected chi connectivity index (χ1v) is 4.09. The SMILES string of the molecule is CON=Cc1cc(N=C=O)ccc1Cl. The van der Waals surface area contributed by atoms with Crippen molar-refractivity contribution in [2.24, 2.45) is 10.1 Å². The molecule has 0 aliphatic heterocycles. The smallest absolute Gasteiger partial charge is 0.240 e. The van der Waals surface area contributed by atoms with E-state index in [4.69, 9.17) is 11.6 Å². The van der Waals surface area contributed by atoms with Crippen molar-refractivity contribution in [1.82, 2.24) is 0 Å². The molecular weight excluding hydrogens is 204 g/mol. The lowest BCUT2D eigenvalue weighted by Gasteiger charge is -1.97. The Balaban J connectivity index is 3.07. The van der Waals surface area contributed by atoms with E-state index in [1.54, 1.807) is 18.2 Å². The monoisotopic (exact) mass is 210 g/mol. The molecule has 0 N–H and O–H groups in total. The van der Waals surface area contributed by atoms with Gasteiger partial charge in [-0.3, -0.25) is 0 Å². The van der Waals surface area contributed by atoms with Crippen LogP contribution in [0.5, 0.6) is 0 Å². The van der Waals surface area contributed by atoms with Crippen LogP contribution in [0.4, 0.5) is 5.69 Å². The Morgan fingerprint density at radius 1 is 1.57 bits per heavy atom. The lowest BCUT2D eigenvalue weighted by Crippen LogP contribution is -1.83. The van der Waals surface area contributed by atoms with Crippen molar-refractivity contribution in [3.05, 3.63) is 28.8 Å². The largest absolute Gasteiger partial charge is 0.399 e. The number of benzene rings is 1. The number of rotatable bonds is 3. The maximum atomic E-state index is 10.0. The molecule has 1 rings (SSSR count). The number of carbonyl (C=O) groups excluding carboxylic acids is 1. The first kappa shape index (κ1) is 10.4. The van der Waals surface area contributed by atoms with E-state index in [1.165, 1.54) is 19.4 Å². The minimum absolute atomic E-state index is 0.474. The molecular formula is C9H7ClN2O2. The van der Waals surface area contributed by atoms with Crippen LogP contribution < -0.4 is 0 Å². The molecule has 4 nitrogen and oxygen atoms in total. The summed E-state index contributed by atoms with van der Waals surface area (Å²) in [5.74, 6) is 0. The second-order valence-electron chi connectivity index (χ2n) is 2.33. The molecule has 72 valence electrons. The van der Waals surface area contributed by atoms with Gasteiger partial charge in [0.25, 0.3) is 0 Å². The molecule has 0 unspecified atom stereocenters. The van der Waals surface area contributed by atoms with Crippen LogP contribution in [0.1, 0.15) is 5.56 Å². The van der Waals surface area contributed by atoms with Crippen molar-refractivity contribution in [1.29, 1.82) is 0 Å². The van der Waals surface area contributed by atoms with Crippen LogP contribution in [0.2, 0.25) is 5.02 Å². The Labute approximate surface area is 85.8 Å². The van der Waals surface area contributed by atoms with Gasteiger partial charge in [-0.1, -0.05) is 16.8 Å². The number of isocyanates is 1. The Morgan fingerprint density at radius 3 is 3.00 bits per heavy atom. The summed E-state index contributed by atoms with van der Waals surface area (Å²) in [7, 11) is 1.43. The second-order valence-corrected chi connectivity index (χ2v) is 2.73. The van der Waals surface area contributed by atoms with Crippen molar-refractivity contribution >= 4 is 29.6 Å². The topological polar surface area (TPSA) is 51.0 Å². The fourth-order valence-electron chi connectivity index (χ4n) is 0.862. The molecule has 14 heavy (non-hydrogen) atoms. The molecule has 1 aromatic carbocycles. The van der Waals surface area contributed by atoms with E-state index < -0.39 is 0 Å². The van der Waals surface area contributed by atoms with Crippen LogP contribution in [0, 0.1) is 0 Å². The molecule has 0 aromatic heterocycles. The van der Waals surface area contributed by atoms with Crippen LogP contribution in [-0.2, 0) is 9.63 Å². The number of hydrogen-bond donors (Lipinski definition) is 0. The minimum atomic E-state index is 0.474. The molecule has 0 spiro atoms. The standard InChI is InChI=1S/C9H7ClN2O2/c1-14-12-5-7-4-8(11-6-13)2-3-9(7)10/h2-5H,1H3. The molecule has 5 heteroatoms. The molecule has 0 fully saturated rings.